The fourth-order valence-corrected chi connectivity index (χ4v) is 3.12. The molecule has 0 aliphatic carbocycles. The minimum absolute atomic E-state index is 0.113. The summed E-state index contributed by atoms with van der Waals surface area (Å²) in [5.41, 5.74) is 7.55. The summed E-state index contributed by atoms with van der Waals surface area (Å²) in [5.74, 6) is 0.751. The minimum atomic E-state index is -0.395. The maximum absolute atomic E-state index is 10.6. The van der Waals surface area contributed by atoms with Crippen LogP contribution < -0.4 is 5.73 Å². The molecule has 19 heavy (non-hydrogen) atoms. The SMILES string of the molecule is Nc1ccc(SCc2ccc([N+](=O)[O-])cc2)c(Br)c1. The molecule has 4 nitrogen and oxygen atoms in total. The summed E-state index contributed by atoms with van der Waals surface area (Å²) >= 11 is 5.11. The van der Waals surface area contributed by atoms with Crippen LogP contribution in [0.25, 0.3) is 0 Å². The fourth-order valence-electron chi connectivity index (χ4n) is 1.51. The van der Waals surface area contributed by atoms with Crippen molar-refractivity contribution in [1.82, 2.24) is 0 Å². The van der Waals surface area contributed by atoms with Gasteiger partial charge in [0, 0.05) is 32.9 Å². The Balaban J connectivity index is 2.04. The van der Waals surface area contributed by atoms with Crippen LogP contribution >= 0.6 is 27.7 Å². The standard InChI is InChI=1S/C13H11BrN2O2S/c14-12-7-10(15)3-6-13(12)19-8-9-1-4-11(5-2-9)16(17)18/h1-7H,8,15H2. The number of benzene rings is 2. The zero-order valence-electron chi connectivity index (χ0n) is 9.88. The normalized spacial score (nSPS) is 10.4. The third-order valence-corrected chi connectivity index (χ3v) is 4.56. The second-order valence-corrected chi connectivity index (χ2v) is 5.77. The summed E-state index contributed by atoms with van der Waals surface area (Å²) in [6.07, 6.45) is 0. The van der Waals surface area contributed by atoms with Crippen LogP contribution in [0.4, 0.5) is 11.4 Å². The minimum Gasteiger partial charge on any atom is -0.399 e. The van der Waals surface area contributed by atoms with Gasteiger partial charge in [0.1, 0.15) is 0 Å². The largest absolute Gasteiger partial charge is 0.399 e. The van der Waals surface area contributed by atoms with E-state index in [2.05, 4.69) is 15.9 Å². The smallest absolute Gasteiger partial charge is 0.269 e. The third-order valence-electron chi connectivity index (χ3n) is 2.50. The lowest BCUT2D eigenvalue weighted by Gasteiger charge is -2.05. The second-order valence-electron chi connectivity index (χ2n) is 3.90. The summed E-state index contributed by atoms with van der Waals surface area (Å²) in [5, 5.41) is 10.6. The Morgan fingerprint density at radius 3 is 2.47 bits per heavy atom. The summed E-state index contributed by atoms with van der Waals surface area (Å²) in [7, 11) is 0. The average molecular weight is 339 g/mol. The zero-order valence-corrected chi connectivity index (χ0v) is 12.3. The van der Waals surface area contributed by atoms with E-state index in [-0.39, 0.29) is 5.69 Å². The lowest BCUT2D eigenvalue weighted by Crippen LogP contribution is -1.88. The number of thioether (sulfide) groups is 1. The number of halogens is 1. The molecule has 0 amide bonds. The molecular weight excluding hydrogens is 328 g/mol. The van der Waals surface area contributed by atoms with E-state index in [0.29, 0.717) is 5.69 Å². The van der Waals surface area contributed by atoms with E-state index in [1.807, 2.05) is 18.2 Å². The number of nitro groups is 1. The first-order valence-electron chi connectivity index (χ1n) is 5.47. The summed E-state index contributed by atoms with van der Waals surface area (Å²) in [6.45, 7) is 0. The van der Waals surface area contributed by atoms with E-state index in [4.69, 9.17) is 5.73 Å². The molecule has 0 unspecified atom stereocenters. The molecule has 0 aliphatic rings. The molecule has 2 aromatic rings. The van der Waals surface area contributed by atoms with Crippen LogP contribution in [0.3, 0.4) is 0 Å². The first-order valence-corrected chi connectivity index (χ1v) is 7.25. The van der Waals surface area contributed by atoms with Gasteiger partial charge in [-0.15, -0.1) is 11.8 Å². The molecule has 0 heterocycles. The number of nitro benzene ring substituents is 1. The molecule has 6 heteroatoms. The molecule has 0 aromatic heterocycles. The molecule has 0 saturated carbocycles. The summed E-state index contributed by atoms with van der Waals surface area (Å²) in [6, 6.07) is 12.3. The quantitative estimate of drug-likeness (QED) is 0.392. The van der Waals surface area contributed by atoms with Crippen LogP contribution in [0.1, 0.15) is 5.56 Å². The maximum atomic E-state index is 10.6. The van der Waals surface area contributed by atoms with Crippen LogP contribution in [-0.4, -0.2) is 4.92 Å². The molecule has 0 radical (unpaired) electrons. The highest BCUT2D eigenvalue weighted by molar-refractivity contribution is 9.10. The molecular formula is C13H11BrN2O2S. The Labute approximate surface area is 123 Å². The van der Waals surface area contributed by atoms with Gasteiger partial charge in [0.05, 0.1) is 4.92 Å². The molecule has 0 bridgehead atoms. The average Bonchev–Trinajstić information content (AvgIpc) is 2.38. The number of anilines is 1. The van der Waals surface area contributed by atoms with Crippen molar-refractivity contribution in [1.29, 1.82) is 0 Å². The Kier molecular flexibility index (Phi) is 4.44. The lowest BCUT2D eigenvalue weighted by molar-refractivity contribution is -0.384. The Hall–Kier alpha value is -1.53. The van der Waals surface area contributed by atoms with Gasteiger partial charge in [-0.25, -0.2) is 0 Å². The predicted octanol–water partition coefficient (Wildman–Crippen LogP) is 4.23. The van der Waals surface area contributed by atoms with Crippen molar-refractivity contribution in [2.45, 2.75) is 10.6 Å². The van der Waals surface area contributed by atoms with Gasteiger partial charge >= 0.3 is 0 Å². The molecule has 2 N–H and O–H groups in total. The summed E-state index contributed by atoms with van der Waals surface area (Å²) in [4.78, 5) is 11.2. The van der Waals surface area contributed by atoms with Gasteiger partial charge < -0.3 is 5.73 Å². The van der Waals surface area contributed by atoms with Gasteiger partial charge in [-0.2, -0.15) is 0 Å². The summed E-state index contributed by atoms with van der Waals surface area (Å²) < 4.78 is 0.958. The number of hydrogen-bond acceptors (Lipinski definition) is 4. The van der Waals surface area contributed by atoms with Crippen molar-refractivity contribution < 1.29 is 4.92 Å². The van der Waals surface area contributed by atoms with E-state index in [1.54, 1.807) is 23.9 Å². The maximum Gasteiger partial charge on any atom is 0.269 e. The van der Waals surface area contributed by atoms with Crippen molar-refractivity contribution in [2.75, 3.05) is 5.73 Å². The molecule has 0 atom stereocenters. The first-order chi connectivity index (χ1) is 9.06. The Morgan fingerprint density at radius 1 is 1.21 bits per heavy atom. The van der Waals surface area contributed by atoms with Gasteiger partial charge in [-0.3, -0.25) is 10.1 Å². The number of nitrogen functional groups attached to an aromatic ring is 1. The van der Waals surface area contributed by atoms with Gasteiger partial charge in [0.25, 0.3) is 5.69 Å². The molecule has 2 aromatic carbocycles. The Morgan fingerprint density at radius 2 is 1.89 bits per heavy atom. The number of hydrogen-bond donors (Lipinski definition) is 1. The molecule has 98 valence electrons. The number of nitrogens with two attached hydrogens (primary N) is 1. The van der Waals surface area contributed by atoms with Crippen LogP contribution in [0.2, 0.25) is 0 Å². The van der Waals surface area contributed by atoms with Gasteiger partial charge in [-0.1, -0.05) is 12.1 Å². The molecule has 2 rings (SSSR count). The van der Waals surface area contributed by atoms with E-state index in [1.165, 1.54) is 12.1 Å². The molecule has 0 saturated heterocycles. The second kappa shape index (κ2) is 6.08. The van der Waals surface area contributed by atoms with Crippen molar-refractivity contribution in [3.8, 4) is 0 Å². The van der Waals surface area contributed by atoms with Crippen LogP contribution in [-0.2, 0) is 5.75 Å². The molecule has 0 spiro atoms. The van der Waals surface area contributed by atoms with E-state index >= 15 is 0 Å². The lowest BCUT2D eigenvalue weighted by atomic mass is 10.2. The topological polar surface area (TPSA) is 69.2 Å². The van der Waals surface area contributed by atoms with Crippen molar-refractivity contribution in [3.63, 3.8) is 0 Å². The Bertz CT molecular complexity index is 602. The van der Waals surface area contributed by atoms with Gasteiger partial charge in [-0.05, 0) is 39.7 Å². The van der Waals surface area contributed by atoms with Crippen molar-refractivity contribution >= 4 is 39.1 Å². The van der Waals surface area contributed by atoms with E-state index in [0.717, 1.165) is 20.7 Å². The van der Waals surface area contributed by atoms with Crippen LogP contribution in [0.15, 0.2) is 51.8 Å². The highest BCUT2D eigenvalue weighted by Gasteiger charge is 2.05. The van der Waals surface area contributed by atoms with Gasteiger partial charge in [0.2, 0.25) is 0 Å². The first kappa shape index (κ1) is 13.9. The van der Waals surface area contributed by atoms with Crippen LogP contribution in [0.5, 0.6) is 0 Å². The van der Waals surface area contributed by atoms with Crippen LogP contribution in [0, 0.1) is 10.1 Å². The van der Waals surface area contributed by atoms with Gasteiger partial charge in [0.15, 0.2) is 0 Å². The number of nitrogens with zero attached hydrogens (tertiary/aromatic N) is 1. The van der Waals surface area contributed by atoms with Crippen molar-refractivity contribution in [3.05, 3.63) is 62.6 Å². The number of non-ortho nitro benzene ring substituents is 1. The zero-order chi connectivity index (χ0) is 13.8. The third kappa shape index (κ3) is 3.71. The van der Waals surface area contributed by atoms with Crippen molar-refractivity contribution in [2.24, 2.45) is 0 Å². The monoisotopic (exact) mass is 338 g/mol. The highest BCUT2D eigenvalue weighted by Crippen LogP contribution is 2.31. The fraction of sp³-hybridized carbons (Fsp3) is 0.0769. The molecule has 0 fully saturated rings. The highest BCUT2D eigenvalue weighted by atomic mass is 79.9. The van der Waals surface area contributed by atoms with E-state index in [9.17, 15) is 10.1 Å². The predicted molar refractivity (Wildman–Crippen MR) is 81.2 cm³/mol. The number of rotatable bonds is 4. The molecule has 0 aliphatic heterocycles. The van der Waals surface area contributed by atoms with E-state index < -0.39 is 4.92 Å².